The molecule has 0 aliphatic rings. The summed E-state index contributed by atoms with van der Waals surface area (Å²) in [5.74, 6) is 1.63. The van der Waals surface area contributed by atoms with Crippen molar-refractivity contribution < 1.29 is 19.8 Å². The monoisotopic (exact) mass is 367 g/mol. The van der Waals surface area contributed by atoms with E-state index in [0.717, 1.165) is 11.5 Å². The van der Waals surface area contributed by atoms with Gasteiger partial charge < -0.3 is 31.4 Å². The molecule has 0 aromatic carbocycles. The maximum atomic E-state index is 11.6. The standard InChI is InChI=1S/C14H29N3O4S2/c1-13(2,10-18)14(21,11-19)9-16-5-3-12(20)17-6-8-23-22-7-4-15/h11,16,18,21H,3-10,15H2,1-2H3,(H,17,20)/t14-/m0/s1. The van der Waals surface area contributed by atoms with Crippen LogP contribution in [0.4, 0.5) is 0 Å². The largest absolute Gasteiger partial charge is 0.396 e. The van der Waals surface area contributed by atoms with Crippen molar-refractivity contribution in [2.75, 3.05) is 44.3 Å². The van der Waals surface area contributed by atoms with Crippen LogP contribution in [0.3, 0.4) is 0 Å². The Hall–Kier alpha value is -0.320. The van der Waals surface area contributed by atoms with Crippen LogP contribution < -0.4 is 16.4 Å². The lowest BCUT2D eigenvalue weighted by molar-refractivity contribution is -0.140. The predicted octanol–water partition coefficient (Wildman–Crippen LogP) is -0.629. The summed E-state index contributed by atoms with van der Waals surface area (Å²) in [6, 6.07) is 0. The first kappa shape index (κ1) is 22.7. The van der Waals surface area contributed by atoms with Gasteiger partial charge in [-0.1, -0.05) is 35.4 Å². The number of aliphatic hydroxyl groups excluding tert-OH is 1. The van der Waals surface area contributed by atoms with Crippen LogP contribution in [0, 0.1) is 5.41 Å². The number of amides is 1. The number of aldehydes is 1. The molecule has 7 nitrogen and oxygen atoms in total. The van der Waals surface area contributed by atoms with E-state index < -0.39 is 11.0 Å². The summed E-state index contributed by atoms with van der Waals surface area (Å²) in [5.41, 5.74) is 2.74. The van der Waals surface area contributed by atoms with Gasteiger partial charge in [-0.25, -0.2) is 0 Å². The van der Waals surface area contributed by atoms with Gasteiger partial charge in [0.05, 0.1) is 6.61 Å². The van der Waals surface area contributed by atoms with Gasteiger partial charge in [-0.2, -0.15) is 0 Å². The van der Waals surface area contributed by atoms with E-state index in [2.05, 4.69) is 10.6 Å². The molecular formula is C14H29N3O4S2. The molecule has 0 bridgehead atoms. The lowest BCUT2D eigenvalue weighted by Gasteiger charge is -2.37. The molecule has 0 aromatic heterocycles. The second-order valence-electron chi connectivity index (χ2n) is 5.79. The van der Waals surface area contributed by atoms with Gasteiger partial charge in [-0.3, -0.25) is 4.79 Å². The van der Waals surface area contributed by atoms with Gasteiger partial charge in [0.15, 0.2) is 6.29 Å². The van der Waals surface area contributed by atoms with Crippen LogP contribution in [0.1, 0.15) is 20.3 Å². The third-order valence-electron chi connectivity index (χ3n) is 3.48. The summed E-state index contributed by atoms with van der Waals surface area (Å²) >= 11 is 0. The quantitative estimate of drug-likeness (QED) is 0.156. The van der Waals surface area contributed by atoms with Gasteiger partial charge in [0.2, 0.25) is 5.91 Å². The van der Waals surface area contributed by atoms with E-state index in [-0.39, 0.29) is 25.5 Å². The van der Waals surface area contributed by atoms with Crippen LogP contribution in [-0.2, 0) is 9.59 Å². The number of nitrogens with one attached hydrogen (secondary N) is 2. The molecule has 1 atom stereocenters. The zero-order valence-electron chi connectivity index (χ0n) is 13.8. The molecule has 0 heterocycles. The van der Waals surface area contributed by atoms with Crippen LogP contribution in [0.5, 0.6) is 0 Å². The van der Waals surface area contributed by atoms with E-state index in [1.54, 1.807) is 35.4 Å². The maximum Gasteiger partial charge on any atom is 0.221 e. The normalized spacial score (nSPS) is 14.3. The highest BCUT2D eigenvalue weighted by atomic mass is 33.1. The Balaban J connectivity index is 3.85. The average Bonchev–Trinajstić information content (AvgIpc) is 2.54. The van der Waals surface area contributed by atoms with Crippen molar-refractivity contribution in [2.24, 2.45) is 11.1 Å². The topological polar surface area (TPSA) is 125 Å². The van der Waals surface area contributed by atoms with Crippen LogP contribution in [0.15, 0.2) is 0 Å². The molecule has 0 fully saturated rings. The molecule has 0 saturated carbocycles. The summed E-state index contributed by atoms with van der Waals surface area (Å²) in [6.07, 6.45) is 0.696. The molecule has 23 heavy (non-hydrogen) atoms. The van der Waals surface area contributed by atoms with Gasteiger partial charge >= 0.3 is 0 Å². The fourth-order valence-electron chi connectivity index (χ4n) is 1.54. The van der Waals surface area contributed by atoms with E-state index >= 15 is 0 Å². The summed E-state index contributed by atoms with van der Waals surface area (Å²) in [7, 11) is 3.35. The Kier molecular flexibility index (Phi) is 11.9. The summed E-state index contributed by atoms with van der Waals surface area (Å²) < 4.78 is 0. The SMILES string of the molecule is CC(C)(CO)[C@@](O)(C=O)CNCCC(=O)NCCSSCCN. The molecule has 6 N–H and O–H groups in total. The molecule has 1 amide bonds. The summed E-state index contributed by atoms with van der Waals surface area (Å²) in [6.45, 7) is 4.48. The first-order valence-electron chi connectivity index (χ1n) is 7.54. The molecule has 0 spiro atoms. The van der Waals surface area contributed by atoms with Gasteiger partial charge in [0.25, 0.3) is 0 Å². The fourth-order valence-corrected chi connectivity index (χ4v) is 3.31. The van der Waals surface area contributed by atoms with Crippen molar-refractivity contribution in [3.05, 3.63) is 0 Å². The number of rotatable bonds is 14. The third-order valence-corrected chi connectivity index (χ3v) is 5.92. The van der Waals surface area contributed by atoms with Crippen molar-refractivity contribution in [1.82, 2.24) is 10.6 Å². The first-order valence-corrected chi connectivity index (χ1v) is 10.0. The minimum absolute atomic E-state index is 0.0110. The van der Waals surface area contributed by atoms with E-state index in [9.17, 15) is 19.8 Å². The minimum Gasteiger partial charge on any atom is -0.396 e. The average molecular weight is 368 g/mol. The summed E-state index contributed by atoms with van der Waals surface area (Å²) in [5, 5.41) is 25.2. The van der Waals surface area contributed by atoms with Crippen molar-refractivity contribution in [1.29, 1.82) is 0 Å². The van der Waals surface area contributed by atoms with Crippen LogP contribution >= 0.6 is 21.6 Å². The number of carbonyl (C=O) groups is 2. The lowest BCUT2D eigenvalue weighted by Crippen LogP contribution is -2.55. The van der Waals surface area contributed by atoms with Crippen molar-refractivity contribution >= 4 is 33.8 Å². The molecule has 0 saturated heterocycles. The third kappa shape index (κ3) is 8.92. The lowest BCUT2D eigenvalue weighted by atomic mass is 9.76. The summed E-state index contributed by atoms with van der Waals surface area (Å²) in [4.78, 5) is 22.7. The highest BCUT2D eigenvalue weighted by Crippen LogP contribution is 2.28. The van der Waals surface area contributed by atoms with Crippen molar-refractivity contribution in [2.45, 2.75) is 25.9 Å². The number of nitrogens with two attached hydrogens (primary N) is 1. The van der Waals surface area contributed by atoms with Crippen LogP contribution in [-0.4, -0.2) is 72.3 Å². The number of aliphatic hydroxyl groups is 2. The highest BCUT2D eigenvalue weighted by Gasteiger charge is 2.42. The van der Waals surface area contributed by atoms with Crippen molar-refractivity contribution in [3.63, 3.8) is 0 Å². The van der Waals surface area contributed by atoms with Gasteiger partial charge in [0.1, 0.15) is 5.60 Å². The molecular weight excluding hydrogens is 338 g/mol. The smallest absolute Gasteiger partial charge is 0.221 e. The highest BCUT2D eigenvalue weighted by molar-refractivity contribution is 8.76. The van der Waals surface area contributed by atoms with Gasteiger partial charge in [0, 0.05) is 49.5 Å². The van der Waals surface area contributed by atoms with Crippen molar-refractivity contribution in [3.8, 4) is 0 Å². The Labute approximate surface area is 145 Å². The second-order valence-corrected chi connectivity index (χ2v) is 8.50. The zero-order valence-corrected chi connectivity index (χ0v) is 15.5. The molecule has 0 aromatic rings. The molecule has 0 radical (unpaired) electrons. The molecule has 0 unspecified atom stereocenters. The molecule has 0 rings (SSSR count). The first-order chi connectivity index (χ1) is 10.8. The van der Waals surface area contributed by atoms with E-state index in [1.807, 2.05) is 0 Å². The van der Waals surface area contributed by atoms with E-state index in [4.69, 9.17) is 5.73 Å². The molecule has 136 valence electrons. The van der Waals surface area contributed by atoms with E-state index in [1.165, 1.54) is 0 Å². The Morgan fingerprint density at radius 1 is 1.26 bits per heavy atom. The zero-order chi connectivity index (χ0) is 17.8. The Morgan fingerprint density at radius 2 is 1.91 bits per heavy atom. The number of hydrogen-bond acceptors (Lipinski definition) is 8. The van der Waals surface area contributed by atoms with Gasteiger partial charge in [-0.05, 0) is 0 Å². The maximum absolute atomic E-state index is 11.6. The van der Waals surface area contributed by atoms with Crippen LogP contribution in [0.25, 0.3) is 0 Å². The number of hydrogen-bond donors (Lipinski definition) is 5. The molecule has 0 aliphatic heterocycles. The Morgan fingerprint density at radius 3 is 2.48 bits per heavy atom. The number of carbonyl (C=O) groups excluding carboxylic acids is 2. The van der Waals surface area contributed by atoms with E-state index in [0.29, 0.717) is 25.9 Å². The molecule has 9 heteroatoms. The minimum atomic E-state index is -1.67. The van der Waals surface area contributed by atoms with Crippen LogP contribution in [0.2, 0.25) is 0 Å². The predicted molar refractivity (Wildman–Crippen MR) is 96.3 cm³/mol. The second kappa shape index (κ2) is 12.1. The van der Waals surface area contributed by atoms with Gasteiger partial charge in [-0.15, -0.1) is 0 Å². The molecule has 0 aliphatic carbocycles. The fraction of sp³-hybridized carbons (Fsp3) is 0.857. The Bertz CT molecular complexity index is 359.